The predicted molar refractivity (Wildman–Crippen MR) is 129 cm³/mol. The van der Waals surface area contributed by atoms with Crippen LogP contribution in [-0.2, 0) is 22.7 Å². The molecule has 0 spiro atoms. The van der Waals surface area contributed by atoms with Crippen LogP contribution in [0.4, 0.5) is 8.78 Å². The van der Waals surface area contributed by atoms with Gasteiger partial charge in [0.1, 0.15) is 23.4 Å². The number of hydrogen-bond donors (Lipinski definition) is 1. The Hall–Kier alpha value is -3.45. The SMILES string of the molecule is CC(C)C1Oc2ccc(Cl)cc2C(C(=O)NCc2ccccc2)N(Cc2c(F)cccc2F)C1=O. The number of benzene rings is 3. The molecule has 1 N–H and O–H groups in total. The van der Waals surface area contributed by atoms with Crippen LogP contribution in [0, 0.1) is 17.6 Å². The number of fused-ring (bicyclic) bond motifs is 1. The summed E-state index contributed by atoms with van der Waals surface area (Å²) in [6.45, 7) is 3.35. The topological polar surface area (TPSA) is 58.6 Å². The molecule has 4 rings (SSSR count). The summed E-state index contributed by atoms with van der Waals surface area (Å²) in [4.78, 5) is 28.5. The molecule has 1 heterocycles. The minimum Gasteiger partial charge on any atom is -0.480 e. The van der Waals surface area contributed by atoms with Crippen LogP contribution in [0.15, 0.2) is 66.7 Å². The first-order valence-electron chi connectivity index (χ1n) is 11.3. The minimum absolute atomic E-state index is 0.205. The van der Waals surface area contributed by atoms with E-state index in [4.69, 9.17) is 16.3 Å². The maximum absolute atomic E-state index is 14.6. The van der Waals surface area contributed by atoms with Gasteiger partial charge in [0, 0.05) is 22.7 Å². The second kappa shape index (κ2) is 10.4. The van der Waals surface area contributed by atoms with Crippen molar-refractivity contribution >= 4 is 23.4 Å². The average Bonchev–Trinajstić information content (AvgIpc) is 2.95. The highest BCUT2D eigenvalue weighted by atomic mass is 35.5. The van der Waals surface area contributed by atoms with Crippen LogP contribution in [0.3, 0.4) is 0 Å². The number of hydrogen-bond acceptors (Lipinski definition) is 3. The lowest BCUT2D eigenvalue weighted by atomic mass is 10.0. The number of nitrogens with one attached hydrogen (secondary N) is 1. The highest BCUT2D eigenvalue weighted by Crippen LogP contribution is 2.38. The number of halogens is 3. The van der Waals surface area contributed by atoms with E-state index < -0.39 is 42.1 Å². The van der Waals surface area contributed by atoms with Gasteiger partial charge in [-0.25, -0.2) is 8.78 Å². The van der Waals surface area contributed by atoms with Crippen LogP contribution >= 0.6 is 11.6 Å². The van der Waals surface area contributed by atoms with Crippen LogP contribution < -0.4 is 10.1 Å². The standard InChI is InChI=1S/C27H25ClF2N2O3/c1-16(2)25-27(34)32(15-20-21(29)9-6-10-22(20)30)24(19-13-18(28)11-12-23(19)35-25)26(33)31-14-17-7-4-3-5-8-17/h3-13,16,24-25H,14-15H2,1-2H3,(H,31,33). The van der Waals surface area contributed by atoms with Gasteiger partial charge in [-0.05, 0) is 41.8 Å². The highest BCUT2D eigenvalue weighted by Gasteiger charge is 2.42. The number of carbonyl (C=O) groups is 2. The molecule has 3 aromatic rings. The van der Waals surface area contributed by atoms with Crippen molar-refractivity contribution in [1.29, 1.82) is 0 Å². The maximum Gasteiger partial charge on any atom is 0.265 e. The van der Waals surface area contributed by atoms with Gasteiger partial charge in [0.2, 0.25) is 5.91 Å². The fourth-order valence-corrected chi connectivity index (χ4v) is 4.28. The van der Waals surface area contributed by atoms with E-state index in [1.165, 1.54) is 11.0 Å². The molecule has 0 saturated carbocycles. The number of carbonyl (C=O) groups excluding carboxylic acids is 2. The van der Waals surface area contributed by atoms with E-state index in [-0.39, 0.29) is 18.0 Å². The molecule has 1 aliphatic heterocycles. The quantitative estimate of drug-likeness (QED) is 0.493. The Morgan fingerprint density at radius 3 is 2.40 bits per heavy atom. The number of nitrogens with zero attached hydrogens (tertiary/aromatic N) is 1. The third kappa shape index (κ3) is 5.30. The fraction of sp³-hybridized carbons (Fsp3) is 0.259. The molecule has 0 aromatic heterocycles. The van der Waals surface area contributed by atoms with Gasteiger partial charge >= 0.3 is 0 Å². The van der Waals surface area contributed by atoms with E-state index in [1.807, 2.05) is 30.3 Å². The van der Waals surface area contributed by atoms with E-state index in [9.17, 15) is 18.4 Å². The van der Waals surface area contributed by atoms with Crippen LogP contribution in [0.2, 0.25) is 5.02 Å². The monoisotopic (exact) mass is 498 g/mol. The van der Waals surface area contributed by atoms with E-state index in [0.717, 1.165) is 17.7 Å². The maximum atomic E-state index is 14.6. The molecule has 182 valence electrons. The van der Waals surface area contributed by atoms with Gasteiger partial charge in [0.25, 0.3) is 5.91 Å². The van der Waals surface area contributed by atoms with Crippen molar-refractivity contribution < 1.29 is 23.1 Å². The van der Waals surface area contributed by atoms with Gasteiger partial charge < -0.3 is 15.0 Å². The summed E-state index contributed by atoms with van der Waals surface area (Å²) in [5.74, 6) is -2.63. The van der Waals surface area contributed by atoms with E-state index in [2.05, 4.69) is 5.32 Å². The summed E-state index contributed by atoms with van der Waals surface area (Å²) in [5, 5.41) is 3.18. The van der Waals surface area contributed by atoms with Gasteiger partial charge in [-0.1, -0.05) is 61.8 Å². The molecule has 5 nitrogen and oxygen atoms in total. The van der Waals surface area contributed by atoms with Gasteiger partial charge in [-0.3, -0.25) is 9.59 Å². The number of amides is 2. The van der Waals surface area contributed by atoms with Gasteiger partial charge in [0.05, 0.1) is 6.54 Å². The summed E-state index contributed by atoms with van der Waals surface area (Å²) in [6, 6.07) is 16.3. The molecule has 3 aromatic carbocycles. The molecule has 2 amide bonds. The molecule has 2 atom stereocenters. The summed E-state index contributed by atoms with van der Waals surface area (Å²) in [5.41, 5.74) is 0.890. The Bertz CT molecular complexity index is 1220. The summed E-state index contributed by atoms with van der Waals surface area (Å²) in [6.07, 6.45) is -0.961. The predicted octanol–water partition coefficient (Wildman–Crippen LogP) is 5.42. The van der Waals surface area contributed by atoms with Crippen LogP contribution in [0.25, 0.3) is 0 Å². The van der Waals surface area contributed by atoms with E-state index in [0.29, 0.717) is 16.3 Å². The zero-order valence-corrected chi connectivity index (χ0v) is 20.1. The van der Waals surface area contributed by atoms with Gasteiger partial charge in [-0.2, -0.15) is 0 Å². The van der Waals surface area contributed by atoms with Crippen molar-refractivity contribution in [3.8, 4) is 5.75 Å². The summed E-state index contributed by atoms with van der Waals surface area (Å²) in [7, 11) is 0. The van der Waals surface area contributed by atoms with Crippen molar-refractivity contribution in [3.63, 3.8) is 0 Å². The lowest BCUT2D eigenvalue weighted by Gasteiger charge is -2.31. The normalized spacial score (nSPS) is 17.5. The molecular weight excluding hydrogens is 474 g/mol. The Kier molecular flexibility index (Phi) is 7.36. The fourth-order valence-electron chi connectivity index (χ4n) is 4.09. The second-order valence-corrected chi connectivity index (χ2v) is 9.17. The van der Waals surface area contributed by atoms with Crippen molar-refractivity contribution in [2.45, 2.75) is 39.1 Å². The van der Waals surface area contributed by atoms with Crippen molar-refractivity contribution in [1.82, 2.24) is 10.2 Å². The third-order valence-electron chi connectivity index (χ3n) is 5.91. The molecule has 8 heteroatoms. The zero-order valence-electron chi connectivity index (χ0n) is 19.3. The van der Waals surface area contributed by atoms with E-state index >= 15 is 0 Å². The number of ether oxygens (including phenoxy) is 1. The minimum atomic E-state index is -1.22. The first-order chi connectivity index (χ1) is 16.8. The molecule has 0 bridgehead atoms. The Balaban J connectivity index is 1.80. The smallest absolute Gasteiger partial charge is 0.265 e. The van der Waals surface area contributed by atoms with Crippen LogP contribution in [0.5, 0.6) is 5.75 Å². The number of rotatable bonds is 6. The van der Waals surface area contributed by atoms with Crippen molar-refractivity contribution in [2.24, 2.45) is 5.92 Å². The van der Waals surface area contributed by atoms with Crippen molar-refractivity contribution in [2.75, 3.05) is 0 Å². The Labute approximate surface area is 207 Å². The van der Waals surface area contributed by atoms with Gasteiger partial charge in [0.15, 0.2) is 6.10 Å². The lowest BCUT2D eigenvalue weighted by molar-refractivity contribution is -0.147. The van der Waals surface area contributed by atoms with E-state index in [1.54, 1.807) is 32.0 Å². The molecule has 2 unspecified atom stereocenters. The molecule has 35 heavy (non-hydrogen) atoms. The van der Waals surface area contributed by atoms with Crippen LogP contribution in [0.1, 0.15) is 36.6 Å². The largest absolute Gasteiger partial charge is 0.480 e. The molecule has 0 fully saturated rings. The van der Waals surface area contributed by atoms with Crippen LogP contribution in [-0.4, -0.2) is 22.8 Å². The molecule has 0 aliphatic carbocycles. The summed E-state index contributed by atoms with van der Waals surface area (Å²) >= 11 is 6.26. The molecular formula is C27H25ClF2N2O3. The van der Waals surface area contributed by atoms with Crippen molar-refractivity contribution in [3.05, 3.63) is 100 Å². The first-order valence-corrected chi connectivity index (χ1v) is 11.6. The second-order valence-electron chi connectivity index (χ2n) is 8.74. The molecule has 0 radical (unpaired) electrons. The zero-order chi connectivity index (χ0) is 25.1. The lowest BCUT2D eigenvalue weighted by Crippen LogP contribution is -2.48. The first kappa shape index (κ1) is 24.7. The third-order valence-corrected chi connectivity index (χ3v) is 6.15. The highest BCUT2D eigenvalue weighted by molar-refractivity contribution is 6.30. The Morgan fingerprint density at radius 1 is 1.06 bits per heavy atom. The average molecular weight is 499 g/mol. The molecule has 0 saturated heterocycles. The Morgan fingerprint density at radius 2 is 1.74 bits per heavy atom. The summed E-state index contributed by atoms with van der Waals surface area (Å²) < 4.78 is 35.3. The molecule has 1 aliphatic rings. The van der Waals surface area contributed by atoms with Gasteiger partial charge in [-0.15, -0.1) is 0 Å².